The largest absolute Gasteiger partial charge is 0.480 e. The molecule has 94 valence electrons. The van der Waals surface area contributed by atoms with Gasteiger partial charge in [-0.1, -0.05) is 19.8 Å². The van der Waals surface area contributed by atoms with Crippen LogP contribution in [0.4, 0.5) is 10.1 Å². The normalized spacial score (nSPS) is 12.2. The van der Waals surface area contributed by atoms with Gasteiger partial charge in [0.1, 0.15) is 11.9 Å². The zero-order valence-corrected chi connectivity index (χ0v) is 11.1. The van der Waals surface area contributed by atoms with E-state index in [0.717, 1.165) is 12.8 Å². The first kappa shape index (κ1) is 14.0. The van der Waals surface area contributed by atoms with E-state index in [-0.39, 0.29) is 0 Å². The standard InChI is InChI=1S/C12H15BrFNO2/c1-2-3-4-10(12(16)17)15-11-7-8(14)5-6-9(11)13/h5-7,10,15H,2-4H2,1H3,(H,16,17). The van der Waals surface area contributed by atoms with Crippen molar-refractivity contribution < 1.29 is 14.3 Å². The molecule has 0 saturated heterocycles. The topological polar surface area (TPSA) is 49.3 Å². The highest BCUT2D eigenvalue weighted by Gasteiger charge is 2.17. The Labute approximate surface area is 108 Å². The Balaban J connectivity index is 2.78. The van der Waals surface area contributed by atoms with E-state index < -0.39 is 17.8 Å². The van der Waals surface area contributed by atoms with Gasteiger partial charge >= 0.3 is 5.97 Å². The molecule has 17 heavy (non-hydrogen) atoms. The maximum absolute atomic E-state index is 13.0. The molecule has 0 aliphatic carbocycles. The van der Waals surface area contributed by atoms with Crippen molar-refractivity contribution in [2.24, 2.45) is 0 Å². The van der Waals surface area contributed by atoms with Gasteiger partial charge in [-0.05, 0) is 40.5 Å². The summed E-state index contributed by atoms with van der Waals surface area (Å²) in [6, 6.07) is 3.47. The van der Waals surface area contributed by atoms with E-state index in [1.54, 1.807) is 6.07 Å². The number of halogens is 2. The van der Waals surface area contributed by atoms with Crippen LogP contribution in [0.25, 0.3) is 0 Å². The van der Waals surface area contributed by atoms with Crippen LogP contribution in [0.2, 0.25) is 0 Å². The number of hydrogen-bond donors (Lipinski definition) is 2. The van der Waals surface area contributed by atoms with Crippen molar-refractivity contribution in [2.45, 2.75) is 32.2 Å². The van der Waals surface area contributed by atoms with E-state index in [4.69, 9.17) is 5.11 Å². The molecule has 0 amide bonds. The Morgan fingerprint density at radius 2 is 2.29 bits per heavy atom. The van der Waals surface area contributed by atoms with Crippen LogP contribution < -0.4 is 5.32 Å². The van der Waals surface area contributed by atoms with Crippen molar-refractivity contribution in [1.82, 2.24) is 0 Å². The Morgan fingerprint density at radius 1 is 1.59 bits per heavy atom. The van der Waals surface area contributed by atoms with E-state index in [1.165, 1.54) is 12.1 Å². The molecule has 0 aromatic heterocycles. The molecule has 1 unspecified atom stereocenters. The molecule has 0 radical (unpaired) electrons. The van der Waals surface area contributed by atoms with Crippen LogP contribution in [0, 0.1) is 5.82 Å². The number of rotatable bonds is 6. The molecule has 3 nitrogen and oxygen atoms in total. The van der Waals surface area contributed by atoms with Gasteiger partial charge in [0.25, 0.3) is 0 Å². The van der Waals surface area contributed by atoms with Gasteiger partial charge in [0.2, 0.25) is 0 Å². The minimum Gasteiger partial charge on any atom is -0.480 e. The summed E-state index contributed by atoms with van der Waals surface area (Å²) < 4.78 is 13.7. The summed E-state index contributed by atoms with van der Waals surface area (Å²) in [5, 5.41) is 11.9. The number of aliphatic carboxylic acids is 1. The van der Waals surface area contributed by atoms with E-state index in [9.17, 15) is 9.18 Å². The van der Waals surface area contributed by atoms with Crippen molar-refractivity contribution in [3.8, 4) is 0 Å². The van der Waals surface area contributed by atoms with Gasteiger partial charge in [-0.15, -0.1) is 0 Å². The summed E-state index contributed by atoms with van der Waals surface area (Å²) in [7, 11) is 0. The Kier molecular flexibility index (Phi) is 5.41. The van der Waals surface area contributed by atoms with Crippen molar-refractivity contribution in [3.05, 3.63) is 28.5 Å². The third kappa shape index (κ3) is 4.34. The number of hydrogen-bond acceptors (Lipinski definition) is 2. The maximum Gasteiger partial charge on any atom is 0.326 e. The lowest BCUT2D eigenvalue weighted by Crippen LogP contribution is -2.29. The summed E-state index contributed by atoms with van der Waals surface area (Å²) in [5.41, 5.74) is 0.466. The van der Waals surface area contributed by atoms with Gasteiger partial charge < -0.3 is 10.4 Å². The molecule has 0 spiro atoms. The maximum atomic E-state index is 13.0. The van der Waals surface area contributed by atoms with Gasteiger partial charge in [-0.25, -0.2) is 9.18 Å². The summed E-state index contributed by atoms with van der Waals surface area (Å²) >= 11 is 3.25. The van der Waals surface area contributed by atoms with E-state index in [1.807, 2.05) is 6.92 Å². The highest BCUT2D eigenvalue weighted by atomic mass is 79.9. The fourth-order valence-electron chi connectivity index (χ4n) is 1.46. The van der Waals surface area contributed by atoms with Crippen LogP contribution in [0.5, 0.6) is 0 Å². The number of carbonyl (C=O) groups is 1. The molecule has 0 saturated carbocycles. The lowest BCUT2D eigenvalue weighted by Gasteiger charge is -2.16. The first-order chi connectivity index (χ1) is 8.04. The Morgan fingerprint density at radius 3 is 2.88 bits per heavy atom. The van der Waals surface area contributed by atoms with Gasteiger partial charge in [0.05, 0.1) is 5.69 Å². The lowest BCUT2D eigenvalue weighted by atomic mass is 10.1. The predicted octanol–water partition coefficient (Wildman–Crippen LogP) is 3.64. The monoisotopic (exact) mass is 303 g/mol. The molecular weight excluding hydrogens is 289 g/mol. The van der Waals surface area contributed by atoms with Gasteiger partial charge in [-0.3, -0.25) is 0 Å². The van der Waals surface area contributed by atoms with E-state index in [0.29, 0.717) is 16.6 Å². The first-order valence-corrected chi connectivity index (χ1v) is 6.28. The third-order valence-electron chi connectivity index (χ3n) is 2.40. The molecular formula is C12H15BrFNO2. The number of carboxylic acids is 1. The summed E-state index contributed by atoms with van der Waals surface area (Å²) in [4.78, 5) is 11.0. The molecule has 1 rings (SSSR count). The highest BCUT2D eigenvalue weighted by molar-refractivity contribution is 9.10. The molecule has 2 N–H and O–H groups in total. The SMILES string of the molecule is CCCCC(Nc1cc(F)ccc1Br)C(=O)O. The molecule has 5 heteroatoms. The summed E-state index contributed by atoms with van der Waals surface area (Å²) in [6.45, 7) is 2.00. The number of benzene rings is 1. The van der Waals surface area contributed by atoms with Crippen LogP contribution in [0.1, 0.15) is 26.2 Å². The molecule has 0 fully saturated rings. The zero-order valence-electron chi connectivity index (χ0n) is 9.54. The molecule has 0 bridgehead atoms. The highest BCUT2D eigenvalue weighted by Crippen LogP contribution is 2.24. The molecule has 0 aliphatic rings. The minimum absolute atomic E-state index is 0.393. The number of unbranched alkanes of at least 4 members (excludes halogenated alkanes) is 1. The van der Waals surface area contributed by atoms with Crippen LogP contribution in [-0.4, -0.2) is 17.1 Å². The van der Waals surface area contributed by atoms with Crippen molar-refractivity contribution in [3.63, 3.8) is 0 Å². The van der Waals surface area contributed by atoms with E-state index in [2.05, 4.69) is 21.2 Å². The van der Waals surface area contributed by atoms with Crippen LogP contribution in [0.15, 0.2) is 22.7 Å². The zero-order chi connectivity index (χ0) is 12.8. The fourth-order valence-corrected chi connectivity index (χ4v) is 1.82. The van der Waals surface area contributed by atoms with Gasteiger partial charge in [0.15, 0.2) is 0 Å². The number of anilines is 1. The molecule has 0 aliphatic heterocycles. The quantitative estimate of drug-likeness (QED) is 0.843. The van der Waals surface area contributed by atoms with Crippen LogP contribution >= 0.6 is 15.9 Å². The fraction of sp³-hybridized carbons (Fsp3) is 0.417. The number of nitrogens with one attached hydrogen (secondary N) is 1. The molecule has 1 aromatic rings. The van der Waals surface area contributed by atoms with Crippen LogP contribution in [-0.2, 0) is 4.79 Å². The van der Waals surface area contributed by atoms with Gasteiger partial charge in [-0.2, -0.15) is 0 Å². The summed E-state index contributed by atoms with van der Waals surface area (Å²) in [6.07, 6.45) is 2.27. The second-order valence-electron chi connectivity index (χ2n) is 3.80. The van der Waals surface area contributed by atoms with Crippen LogP contribution in [0.3, 0.4) is 0 Å². The second-order valence-corrected chi connectivity index (χ2v) is 4.66. The van der Waals surface area contributed by atoms with Gasteiger partial charge in [0, 0.05) is 4.47 Å². The Bertz CT molecular complexity index is 398. The molecule has 0 heterocycles. The predicted molar refractivity (Wildman–Crippen MR) is 68.7 cm³/mol. The average Bonchev–Trinajstić information content (AvgIpc) is 2.28. The Hall–Kier alpha value is -1.10. The molecule has 1 atom stereocenters. The average molecular weight is 304 g/mol. The number of carboxylic acid groups (broad SMARTS) is 1. The minimum atomic E-state index is -0.922. The van der Waals surface area contributed by atoms with Crippen molar-refractivity contribution in [1.29, 1.82) is 0 Å². The summed E-state index contributed by atoms with van der Waals surface area (Å²) in [5.74, 6) is -1.31. The van der Waals surface area contributed by atoms with E-state index >= 15 is 0 Å². The lowest BCUT2D eigenvalue weighted by molar-refractivity contribution is -0.138. The molecule has 1 aromatic carbocycles. The van der Waals surface area contributed by atoms with Crippen molar-refractivity contribution in [2.75, 3.05) is 5.32 Å². The second kappa shape index (κ2) is 6.59. The third-order valence-corrected chi connectivity index (χ3v) is 3.09. The smallest absolute Gasteiger partial charge is 0.326 e. The van der Waals surface area contributed by atoms with Crippen molar-refractivity contribution >= 4 is 27.6 Å². The first-order valence-electron chi connectivity index (χ1n) is 5.49.